The average molecular weight is 353 g/mol. The highest BCUT2D eigenvalue weighted by Crippen LogP contribution is 2.32. The number of nitrogens with one attached hydrogen (secondary N) is 1. The minimum atomic E-state index is -0.138. The van der Waals surface area contributed by atoms with Crippen LogP contribution in [0.4, 0.5) is 5.69 Å². The zero-order chi connectivity index (χ0) is 17.4. The molecule has 0 aliphatic heterocycles. The molecule has 0 spiro atoms. The average Bonchev–Trinajstić information content (AvgIpc) is 3.24. The molecule has 1 aromatic carbocycles. The predicted molar refractivity (Wildman–Crippen MR) is 98.6 cm³/mol. The Balaban J connectivity index is 1.58. The number of carbonyl (C=O) groups is 1. The highest BCUT2D eigenvalue weighted by Gasteiger charge is 2.25. The highest BCUT2D eigenvalue weighted by atomic mass is 32.1. The van der Waals surface area contributed by atoms with Crippen molar-refractivity contribution in [2.24, 2.45) is 0 Å². The normalized spacial score (nSPS) is 16.4. The van der Waals surface area contributed by atoms with E-state index in [1.54, 1.807) is 6.26 Å². The number of aryl methyl sites for hydroxylation is 2. The number of fused-ring (bicyclic) bond motifs is 1. The summed E-state index contributed by atoms with van der Waals surface area (Å²) in [4.78, 5) is 18.1. The second-order valence-corrected chi connectivity index (χ2v) is 7.48. The molecular formula is C19H19N3O2S. The van der Waals surface area contributed by atoms with Crippen LogP contribution in [0.5, 0.6) is 0 Å². The van der Waals surface area contributed by atoms with Gasteiger partial charge in [0, 0.05) is 10.6 Å². The molecule has 1 aliphatic rings. The summed E-state index contributed by atoms with van der Waals surface area (Å²) >= 11 is 1.47. The summed E-state index contributed by atoms with van der Waals surface area (Å²) in [5, 5.41) is 3.87. The van der Waals surface area contributed by atoms with Crippen LogP contribution in [-0.4, -0.2) is 10.9 Å². The fourth-order valence-corrected chi connectivity index (χ4v) is 4.20. The Hall–Kier alpha value is -2.60. The predicted octanol–water partition coefficient (Wildman–Crippen LogP) is 4.10. The standard InChI is InChI=1S/C19H19N3O2S/c1-11-17(22-19(25-11)16-6-3-9-24-16)18(23)21-15-5-2-4-12-10-13(20)7-8-14(12)15/h3,6-10,15H,2,4-5,20H2,1H3,(H,21,23). The van der Waals surface area contributed by atoms with Crippen LogP contribution in [0.25, 0.3) is 10.8 Å². The molecule has 1 aliphatic carbocycles. The largest absolute Gasteiger partial charge is 0.462 e. The lowest BCUT2D eigenvalue weighted by Crippen LogP contribution is -2.31. The van der Waals surface area contributed by atoms with Crippen molar-refractivity contribution in [3.05, 3.63) is 58.3 Å². The summed E-state index contributed by atoms with van der Waals surface area (Å²) in [5.74, 6) is 0.548. The monoisotopic (exact) mass is 353 g/mol. The van der Waals surface area contributed by atoms with Crippen molar-refractivity contribution in [2.45, 2.75) is 32.2 Å². The second kappa shape index (κ2) is 6.37. The van der Waals surface area contributed by atoms with Crippen LogP contribution in [0.15, 0.2) is 41.0 Å². The van der Waals surface area contributed by atoms with Crippen molar-refractivity contribution in [3.8, 4) is 10.8 Å². The van der Waals surface area contributed by atoms with Gasteiger partial charge in [0.25, 0.3) is 5.91 Å². The zero-order valence-electron chi connectivity index (χ0n) is 13.9. The summed E-state index contributed by atoms with van der Waals surface area (Å²) in [6.07, 6.45) is 4.58. The van der Waals surface area contributed by atoms with Gasteiger partial charge in [-0.05, 0) is 61.6 Å². The molecule has 0 radical (unpaired) electrons. The van der Waals surface area contributed by atoms with E-state index >= 15 is 0 Å². The molecule has 0 saturated carbocycles. The summed E-state index contributed by atoms with van der Waals surface area (Å²) in [6, 6.07) is 9.60. The van der Waals surface area contributed by atoms with Crippen LogP contribution in [-0.2, 0) is 6.42 Å². The van der Waals surface area contributed by atoms with Gasteiger partial charge in [-0.3, -0.25) is 4.79 Å². The van der Waals surface area contributed by atoms with Crippen molar-refractivity contribution in [2.75, 3.05) is 5.73 Å². The van der Waals surface area contributed by atoms with E-state index in [-0.39, 0.29) is 11.9 Å². The van der Waals surface area contributed by atoms with E-state index in [2.05, 4.69) is 10.3 Å². The first-order valence-electron chi connectivity index (χ1n) is 8.32. The molecule has 128 valence electrons. The smallest absolute Gasteiger partial charge is 0.271 e. The van der Waals surface area contributed by atoms with Crippen LogP contribution < -0.4 is 11.1 Å². The highest BCUT2D eigenvalue weighted by molar-refractivity contribution is 7.15. The SMILES string of the molecule is Cc1sc(-c2ccco2)nc1C(=O)NC1CCCc2cc(N)ccc21. The van der Waals surface area contributed by atoms with Gasteiger partial charge in [-0.15, -0.1) is 11.3 Å². The summed E-state index contributed by atoms with van der Waals surface area (Å²) in [7, 11) is 0. The lowest BCUT2D eigenvalue weighted by Gasteiger charge is -2.26. The van der Waals surface area contributed by atoms with Crippen LogP contribution in [0, 0.1) is 6.92 Å². The third-order valence-electron chi connectivity index (χ3n) is 4.53. The Morgan fingerprint density at radius 1 is 1.40 bits per heavy atom. The molecule has 3 aromatic rings. The van der Waals surface area contributed by atoms with Gasteiger partial charge in [-0.2, -0.15) is 0 Å². The number of hydrogen-bond acceptors (Lipinski definition) is 5. The maximum absolute atomic E-state index is 12.8. The molecule has 2 aromatic heterocycles. The van der Waals surface area contributed by atoms with E-state index in [1.807, 2.05) is 37.3 Å². The van der Waals surface area contributed by atoms with E-state index < -0.39 is 0 Å². The van der Waals surface area contributed by atoms with Crippen molar-refractivity contribution in [3.63, 3.8) is 0 Å². The maximum atomic E-state index is 12.8. The van der Waals surface area contributed by atoms with Gasteiger partial charge in [0.1, 0.15) is 5.69 Å². The maximum Gasteiger partial charge on any atom is 0.271 e. The quantitative estimate of drug-likeness (QED) is 0.695. The summed E-state index contributed by atoms with van der Waals surface area (Å²) in [5.41, 5.74) is 9.51. The fourth-order valence-electron chi connectivity index (χ4n) is 3.32. The Bertz CT molecular complexity index is 915. The molecule has 2 heterocycles. The Morgan fingerprint density at radius 3 is 3.08 bits per heavy atom. The number of aromatic nitrogens is 1. The molecule has 3 N–H and O–H groups in total. The molecule has 0 bridgehead atoms. The molecule has 1 atom stereocenters. The number of furan rings is 1. The zero-order valence-corrected chi connectivity index (χ0v) is 14.7. The molecule has 0 saturated heterocycles. The van der Waals surface area contributed by atoms with Crippen molar-refractivity contribution in [1.82, 2.24) is 10.3 Å². The third kappa shape index (κ3) is 3.05. The fraction of sp³-hybridized carbons (Fsp3) is 0.263. The number of carbonyl (C=O) groups excluding carboxylic acids is 1. The van der Waals surface area contributed by atoms with Crippen molar-refractivity contribution in [1.29, 1.82) is 0 Å². The lowest BCUT2D eigenvalue weighted by molar-refractivity contribution is 0.0928. The number of amides is 1. The van der Waals surface area contributed by atoms with Crippen molar-refractivity contribution < 1.29 is 9.21 Å². The summed E-state index contributed by atoms with van der Waals surface area (Å²) in [6.45, 7) is 1.91. The minimum Gasteiger partial charge on any atom is -0.462 e. The second-order valence-electron chi connectivity index (χ2n) is 6.28. The van der Waals surface area contributed by atoms with Gasteiger partial charge in [0.2, 0.25) is 0 Å². The Kier molecular flexibility index (Phi) is 4.05. The molecule has 1 amide bonds. The first kappa shape index (κ1) is 15.9. The van der Waals surface area contributed by atoms with Crippen LogP contribution in [0.1, 0.15) is 45.4 Å². The summed E-state index contributed by atoms with van der Waals surface area (Å²) < 4.78 is 5.38. The van der Waals surface area contributed by atoms with Crippen LogP contribution in [0.2, 0.25) is 0 Å². The lowest BCUT2D eigenvalue weighted by atomic mass is 9.87. The molecular weight excluding hydrogens is 334 g/mol. The number of thiazole rings is 1. The van der Waals surface area contributed by atoms with E-state index in [0.717, 1.165) is 40.4 Å². The Morgan fingerprint density at radius 2 is 2.28 bits per heavy atom. The molecule has 0 fully saturated rings. The third-order valence-corrected chi connectivity index (χ3v) is 5.52. The van der Waals surface area contributed by atoms with Gasteiger partial charge in [0.05, 0.1) is 12.3 Å². The van der Waals surface area contributed by atoms with E-state index in [9.17, 15) is 4.79 Å². The number of anilines is 1. The van der Waals surface area contributed by atoms with E-state index in [4.69, 9.17) is 10.2 Å². The molecule has 6 heteroatoms. The van der Waals surface area contributed by atoms with Gasteiger partial charge >= 0.3 is 0 Å². The van der Waals surface area contributed by atoms with Crippen molar-refractivity contribution >= 4 is 22.9 Å². The number of benzene rings is 1. The molecule has 1 unspecified atom stereocenters. The number of nitrogen functional groups attached to an aromatic ring is 1. The first-order chi connectivity index (χ1) is 12.1. The Labute approximate surface area is 149 Å². The first-order valence-corrected chi connectivity index (χ1v) is 9.14. The van der Waals surface area contributed by atoms with E-state index in [0.29, 0.717) is 11.5 Å². The topological polar surface area (TPSA) is 81.2 Å². The van der Waals surface area contributed by atoms with Gasteiger partial charge in [-0.25, -0.2) is 4.98 Å². The number of hydrogen-bond donors (Lipinski definition) is 2. The number of nitrogens with zero attached hydrogens (tertiary/aromatic N) is 1. The molecule has 25 heavy (non-hydrogen) atoms. The minimum absolute atomic E-state index is 0.00464. The van der Waals surface area contributed by atoms with E-state index in [1.165, 1.54) is 16.9 Å². The van der Waals surface area contributed by atoms with Crippen LogP contribution >= 0.6 is 11.3 Å². The number of nitrogens with two attached hydrogens (primary N) is 1. The molecule has 4 rings (SSSR count). The van der Waals surface area contributed by atoms with Crippen LogP contribution in [0.3, 0.4) is 0 Å². The van der Waals surface area contributed by atoms with Gasteiger partial charge in [0.15, 0.2) is 10.8 Å². The molecule has 5 nitrogen and oxygen atoms in total. The van der Waals surface area contributed by atoms with Gasteiger partial charge < -0.3 is 15.5 Å². The van der Waals surface area contributed by atoms with Gasteiger partial charge in [-0.1, -0.05) is 6.07 Å². The number of rotatable bonds is 3.